The van der Waals surface area contributed by atoms with E-state index in [0.717, 1.165) is 27.8 Å². The molecule has 9 nitrogen and oxygen atoms in total. The molecule has 1 heterocycles. The zero-order chi connectivity index (χ0) is 17.4. The molecule has 1 aliphatic rings. The molecule has 0 radical (unpaired) electrons. The number of methoxy groups -OCH3 is 3. The van der Waals surface area contributed by atoms with Crippen molar-refractivity contribution < 1.29 is 38.1 Å². The summed E-state index contributed by atoms with van der Waals surface area (Å²) in [6.07, 6.45) is 0.108. The van der Waals surface area contributed by atoms with Gasteiger partial charge in [-0.25, -0.2) is 4.79 Å². The highest BCUT2D eigenvalue weighted by Crippen LogP contribution is 2.17. The molecule has 0 aliphatic carbocycles. The smallest absolute Gasteiger partial charge is 0.329 e. The van der Waals surface area contributed by atoms with E-state index in [9.17, 15) is 19.2 Å². The fourth-order valence-corrected chi connectivity index (χ4v) is 2.23. The largest absolute Gasteiger partial charge is 0.469 e. The van der Waals surface area contributed by atoms with Crippen molar-refractivity contribution in [1.29, 1.82) is 0 Å². The molecule has 0 aromatic rings. The second kappa shape index (κ2) is 9.09. The maximum Gasteiger partial charge on any atom is 0.329 e. The Hall–Kier alpha value is -2.16. The van der Waals surface area contributed by atoms with Crippen LogP contribution in [0.2, 0.25) is 0 Å². The van der Waals surface area contributed by atoms with E-state index < -0.39 is 48.3 Å². The van der Waals surface area contributed by atoms with Crippen LogP contribution in [-0.4, -0.2) is 63.9 Å². The van der Waals surface area contributed by atoms with E-state index in [1.807, 2.05) is 0 Å². The first-order valence-corrected chi connectivity index (χ1v) is 7.09. The minimum absolute atomic E-state index is 0.436. The molecular formula is C14H21NO8. The summed E-state index contributed by atoms with van der Waals surface area (Å²) in [7, 11) is 3.37. The average Bonchev–Trinajstić information content (AvgIpc) is 3.10. The Morgan fingerprint density at radius 2 is 1.74 bits per heavy atom. The average molecular weight is 331 g/mol. The third-order valence-electron chi connectivity index (χ3n) is 3.50. The van der Waals surface area contributed by atoms with Crippen molar-refractivity contribution in [3.8, 4) is 0 Å². The van der Waals surface area contributed by atoms with Crippen LogP contribution in [0.15, 0.2) is 0 Å². The number of carbonyl (C=O) groups is 4. The van der Waals surface area contributed by atoms with Gasteiger partial charge < -0.3 is 24.3 Å². The summed E-state index contributed by atoms with van der Waals surface area (Å²) in [5, 5.41) is 2.41. The first-order valence-electron chi connectivity index (χ1n) is 7.09. The lowest BCUT2D eigenvalue weighted by Crippen LogP contribution is -2.52. The molecule has 9 heteroatoms. The number of nitrogens with one attached hydrogen (secondary N) is 1. The summed E-state index contributed by atoms with van der Waals surface area (Å²) in [5.41, 5.74) is 0. The molecule has 1 aliphatic heterocycles. The summed E-state index contributed by atoms with van der Waals surface area (Å²) < 4.78 is 18.9. The predicted molar refractivity (Wildman–Crippen MR) is 75.1 cm³/mol. The van der Waals surface area contributed by atoms with Gasteiger partial charge in [0, 0.05) is 6.61 Å². The Morgan fingerprint density at radius 3 is 2.22 bits per heavy atom. The number of amides is 1. The van der Waals surface area contributed by atoms with E-state index in [1.54, 1.807) is 0 Å². The van der Waals surface area contributed by atoms with Crippen LogP contribution in [0.1, 0.15) is 19.3 Å². The molecule has 0 saturated carbocycles. The number of hydrogen-bond donors (Lipinski definition) is 1. The third kappa shape index (κ3) is 5.20. The lowest BCUT2D eigenvalue weighted by atomic mass is 9.95. The molecule has 0 aromatic heterocycles. The molecule has 3 atom stereocenters. The molecule has 1 amide bonds. The molecule has 130 valence electrons. The second-order valence-corrected chi connectivity index (χ2v) is 4.92. The van der Waals surface area contributed by atoms with Crippen molar-refractivity contribution >= 4 is 23.8 Å². The van der Waals surface area contributed by atoms with Crippen LogP contribution < -0.4 is 5.32 Å². The van der Waals surface area contributed by atoms with Gasteiger partial charge in [0.25, 0.3) is 0 Å². The monoisotopic (exact) mass is 331 g/mol. The summed E-state index contributed by atoms with van der Waals surface area (Å²) in [5.74, 6) is -4.23. The predicted octanol–water partition coefficient (Wildman–Crippen LogP) is -0.824. The summed E-state index contributed by atoms with van der Waals surface area (Å²) in [6, 6.07) is -1.37. The standard InChI is InChI=1S/C14H21NO8/c1-20-10(16)7-8(13(18)21-2)11(14(19)22-3)15-12(17)9-5-4-6-23-9/h8-9,11H,4-7H2,1-3H3,(H,15,17)/t8-,9+,11-/m0/s1. The van der Waals surface area contributed by atoms with Gasteiger partial charge in [0.05, 0.1) is 33.7 Å². The van der Waals surface area contributed by atoms with Crippen LogP contribution in [0.3, 0.4) is 0 Å². The van der Waals surface area contributed by atoms with Crippen molar-refractivity contribution in [1.82, 2.24) is 5.32 Å². The van der Waals surface area contributed by atoms with Crippen molar-refractivity contribution in [2.45, 2.75) is 31.4 Å². The number of rotatable bonds is 7. The Morgan fingerprint density at radius 1 is 1.09 bits per heavy atom. The zero-order valence-corrected chi connectivity index (χ0v) is 13.3. The lowest BCUT2D eigenvalue weighted by molar-refractivity contribution is -0.160. The first kappa shape index (κ1) is 18.9. The molecule has 1 rings (SSSR count). The molecule has 0 aromatic carbocycles. The fourth-order valence-electron chi connectivity index (χ4n) is 2.23. The van der Waals surface area contributed by atoms with Gasteiger partial charge >= 0.3 is 17.9 Å². The SMILES string of the molecule is COC(=O)C[C@H](C(=O)OC)[C@H](NC(=O)[C@H]1CCCO1)C(=O)OC. The molecule has 23 heavy (non-hydrogen) atoms. The van der Waals surface area contributed by atoms with Crippen LogP contribution in [0.25, 0.3) is 0 Å². The summed E-state index contributed by atoms with van der Waals surface area (Å²) in [4.78, 5) is 47.5. The molecule has 1 N–H and O–H groups in total. The first-order chi connectivity index (χ1) is 10.9. The Bertz CT molecular complexity index is 458. The van der Waals surface area contributed by atoms with E-state index >= 15 is 0 Å². The van der Waals surface area contributed by atoms with Crippen LogP contribution in [0, 0.1) is 5.92 Å². The van der Waals surface area contributed by atoms with Crippen molar-refractivity contribution in [2.75, 3.05) is 27.9 Å². The fraction of sp³-hybridized carbons (Fsp3) is 0.714. The number of ether oxygens (including phenoxy) is 4. The molecule has 1 fully saturated rings. The molecule has 0 bridgehead atoms. The van der Waals surface area contributed by atoms with Crippen LogP contribution >= 0.6 is 0 Å². The second-order valence-electron chi connectivity index (χ2n) is 4.92. The highest BCUT2D eigenvalue weighted by molar-refractivity contribution is 5.92. The summed E-state index contributed by atoms with van der Waals surface area (Å²) in [6.45, 7) is 0.448. The van der Waals surface area contributed by atoms with Gasteiger partial charge in [0.1, 0.15) is 12.1 Å². The van der Waals surface area contributed by atoms with Gasteiger partial charge in [-0.3, -0.25) is 14.4 Å². The Balaban J connectivity index is 2.93. The van der Waals surface area contributed by atoms with E-state index in [4.69, 9.17) is 4.74 Å². The van der Waals surface area contributed by atoms with Gasteiger partial charge in [-0.2, -0.15) is 0 Å². The minimum atomic E-state index is -1.37. The van der Waals surface area contributed by atoms with Crippen molar-refractivity contribution in [3.63, 3.8) is 0 Å². The number of esters is 3. The van der Waals surface area contributed by atoms with E-state index in [0.29, 0.717) is 13.0 Å². The van der Waals surface area contributed by atoms with E-state index in [1.165, 1.54) is 0 Å². The van der Waals surface area contributed by atoms with Gasteiger partial charge in [0.2, 0.25) is 5.91 Å². The molecule has 1 saturated heterocycles. The van der Waals surface area contributed by atoms with E-state index in [2.05, 4.69) is 19.5 Å². The highest BCUT2D eigenvalue weighted by Gasteiger charge is 2.40. The molecule has 0 unspecified atom stereocenters. The number of carbonyl (C=O) groups excluding carboxylic acids is 4. The Labute approximate surface area is 133 Å². The Kier molecular flexibility index (Phi) is 7.46. The van der Waals surface area contributed by atoms with Crippen LogP contribution in [-0.2, 0) is 38.1 Å². The van der Waals surface area contributed by atoms with Crippen molar-refractivity contribution in [2.24, 2.45) is 5.92 Å². The van der Waals surface area contributed by atoms with Crippen LogP contribution in [0.5, 0.6) is 0 Å². The van der Waals surface area contributed by atoms with Gasteiger partial charge in [-0.05, 0) is 12.8 Å². The van der Waals surface area contributed by atoms with Gasteiger partial charge in [-0.1, -0.05) is 0 Å². The topological polar surface area (TPSA) is 117 Å². The highest BCUT2D eigenvalue weighted by atomic mass is 16.5. The van der Waals surface area contributed by atoms with E-state index in [-0.39, 0.29) is 0 Å². The zero-order valence-electron chi connectivity index (χ0n) is 13.3. The molecule has 0 spiro atoms. The van der Waals surface area contributed by atoms with Gasteiger partial charge in [-0.15, -0.1) is 0 Å². The van der Waals surface area contributed by atoms with Gasteiger partial charge in [0.15, 0.2) is 0 Å². The molecular weight excluding hydrogens is 310 g/mol. The maximum absolute atomic E-state index is 12.1. The van der Waals surface area contributed by atoms with Crippen LogP contribution in [0.4, 0.5) is 0 Å². The number of hydrogen-bond acceptors (Lipinski definition) is 8. The van der Waals surface area contributed by atoms with Crippen molar-refractivity contribution in [3.05, 3.63) is 0 Å². The third-order valence-corrected chi connectivity index (χ3v) is 3.50. The maximum atomic E-state index is 12.1. The minimum Gasteiger partial charge on any atom is -0.469 e. The lowest BCUT2D eigenvalue weighted by Gasteiger charge is -2.24. The quantitative estimate of drug-likeness (QED) is 0.475. The summed E-state index contributed by atoms with van der Waals surface area (Å²) >= 11 is 0. The normalized spacial score (nSPS) is 19.3.